The van der Waals surface area contributed by atoms with E-state index in [-0.39, 0.29) is 26.2 Å². The number of ether oxygens (including phenoxy) is 2. The Bertz CT molecular complexity index is 1250. The molecule has 0 spiro atoms. The Morgan fingerprint density at radius 1 is 0.614 bits per heavy atom. The van der Waals surface area contributed by atoms with E-state index in [0.29, 0.717) is 11.1 Å². The number of nitrogens with two attached hydrogens (primary N) is 2. The number of esters is 2. The lowest BCUT2D eigenvalue weighted by molar-refractivity contribution is -0.169. The zero-order valence-corrected chi connectivity index (χ0v) is 24.5. The van der Waals surface area contributed by atoms with Crippen LogP contribution in [0.5, 0.6) is 0 Å². The van der Waals surface area contributed by atoms with Crippen molar-refractivity contribution in [3.8, 4) is 0 Å². The second kappa shape index (κ2) is 14.3. The van der Waals surface area contributed by atoms with Gasteiger partial charge in [-0.05, 0) is 25.0 Å². The maximum atomic E-state index is 12.8. The Kier molecular flexibility index (Phi) is 10.5. The topological polar surface area (TPSA) is 186 Å². The molecule has 44 heavy (non-hydrogen) atoms. The van der Waals surface area contributed by atoms with E-state index in [1.54, 1.807) is 84.3 Å². The minimum Gasteiger partial charge on any atom is -0.442 e. The number of carbonyl (C=O) groups excluding carboxylic acids is 6. The van der Waals surface area contributed by atoms with Gasteiger partial charge in [0.25, 0.3) is 0 Å². The molecule has 4 N–H and O–H groups in total. The molecule has 2 aliphatic heterocycles. The van der Waals surface area contributed by atoms with E-state index in [1.807, 2.05) is 0 Å². The van der Waals surface area contributed by atoms with Crippen LogP contribution in [-0.4, -0.2) is 107 Å². The summed E-state index contributed by atoms with van der Waals surface area (Å²) in [5, 5.41) is 0. The van der Waals surface area contributed by atoms with Gasteiger partial charge < -0.3 is 20.9 Å². The summed E-state index contributed by atoms with van der Waals surface area (Å²) < 4.78 is 10.3. The van der Waals surface area contributed by atoms with E-state index < -0.39 is 73.2 Å². The lowest BCUT2D eigenvalue weighted by atomic mass is 10.1. The average Bonchev–Trinajstić information content (AvgIpc) is 3.02. The van der Waals surface area contributed by atoms with Crippen LogP contribution in [0.4, 0.5) is 0 Å². The van der Waals surface area contributed by atoms with Crippen LogP contribution in [0.3, 0.4) is 0 Å². The number of imide groups is 2. The van der Waals surface area contributed by atoms with E-state index in [0.717, 1.165) is 9.80 Å². The molecule has 234 valence electrons. The highest BCUT2D eigenvalue weighted by Crippen LogP contribution is 2.19. The van der Waals surface area contributed by atoms with Crippen LogP contribution in [0, 0.1) is 0 Å². The lowest BCUT2D eigenvalue weighted by Crippen LogP contribution is -2.63. The summed E-state index contributed by atoms with van der Waals surface area (Å²) in [7, 11) is 0. The third-order valence-electron chi connectivity index (χ3n) is 7.90. The molecule has 2 aromatic carbocycles. The minimum absolute atomic E-state index is 0.140. The van der Waals surface area contributed by atoms with Gasteiger partial charge in [0, 0.05) is 12.1 Å². The Morgan fingerprint density at radius 3 is 1.20 bits per heavy atom. The molecule has 0 aliphatic carbocycles. The third kappa shape index (κ3) is 7.52. The number of piperazine rings is 2. The summed E-state index contributed by atoms with van der Waals surface area (Å²) in [4.78, 5) is 81.1. The molecule has 2 aliphatic rings. The van der Waals surface area contributed by atoms with Crippen molar-refractivity contribution in [2.24, 2.45) is 11.5 Å². The smallest absolute Gasteiger partial charge is 0.329 e. The van der Waals surface area contributed by atoms with Gasteiger partial charge in [-0.25, -0.2) is 19.4 Å². The number of amides is 4. The molecule has 2 heterocycles. The minimum atomic E-state index is -1.06. The van der Waals surface area contributed by atoms with Crippen molar-refractivity contribution in [2.45, 2.75) is 38.0 Å². The monoisotopic (exact) mass is 608 g/mol. The number of benzene rings is 2. The number of rotatable bonds is 11. The molecule has 2 saturated heterocycles. The van der Waals surface area contributed by atoms with Gasteiger partial charge in [0.05, 0.1) is 26.2 Å². The van der Waals surface area contributed by atoms with Gasteiger partial charge in [0.2, 0.25) is 23.6 Å². The Labute approximate surface area is 254 Å². The van der Waals surface area contributed by atoms with Gasteiger partial charge >= 0.3 is 11.9 Å². The molecule has 2 fully saturated rings. The zero-order valence-electron chi connectivity index (χ0n) is 24.5. The molecule has 0 saturated carbocycles. The quantitative estimate of drug-likeness (QED) is 0.247. The first-order valence-electron chi connectivity index (χ1n) is 14.1. The molecule has 14 heteroatoms. The van der Waals surface area contributed by atoms with Crippen LogP contribution in [0.15, 0.2) is 60.7 Å². The summed E-state index contributed by atoms with van der Waals surface area (Å²) in [6, 6.07) is 14.2. The predicted octanol–water partition coefficient (Wildman–Crippen LogP) is -0.494. The maximum Gasteiger partial charge on any atom is 0.329 e. The van der Waals surface area contributed by atoms with Crippen LogP contribution in [0.25, 0.3) is 0 Å². The van der Waals surface area contributed by atoms with Crippen molar-refractivity contribution in [3.05, 3.63) is 71.8 Å². The van der Waals surface area contributed by atoms with Crippen LogP contribution in [0.1, 0.15) is 37.1 Å². The van der Waals surface area contributed by atoms with E-state index in [4.69, 9.17) is 20.9 Å². The van der Waals surface area contributed by atoms with E-state index in [9.17, 15) is 28.8 Å². The standard InChI is InChI=1S/C30H36N6O8/c1-19(33-13-23(37)35(24(38)14-33)17-43-29(41)27(31)21-9-5-3-6-10-21)20(2)34-15-25(39)36(26(40)16-34)18-44-30(42)28(32)22-11-7-4-8-12-22/h3-12,19-20,27-28H,13-18,31-32H2,1-2H3/t19-,20+,27-,28-/m1/s1. The van der Waals surface area contributed by atoms with Gasteiger partial charge in [0.15, 0.2) is 13.5 Å². The first kappa shape index (κ1) is 32.4. The molecule has 0 aromatic heterocycles. The number of nitrogens with zero attached hydrogens (tertiary/aromatic N) is 4. The maximum absolute atomic E-state index is 12.8. The second-order valence-corrected chi connectivity index (χ2v) is 10.7. The van der Waals surface area contributed by atoms with Crippen LogP contribution in [-0.2, 0) is 38.2 Å². The summed E-state index contributed by atoms with van der Waals surface area (Å²) in [5.74, 6) is -3.79. The van der Waals surface area contributed by atoms with Gasteiger partial charge in [-0.3, -0.25) is 29.0 Å². The molecule has 4 rings (SSSR count). The fraction of sp³-hybridized carbons (Fsp3) is 0.400. The lowest BCUT2D eigenvalue weighted by Gasteiger charge is -2.43. The fourth-order valence-electron chi connectivity index (χ4n) is 4.93. The first-order valence-corrected chi connectivity index (χ1v) is 14.1. The van der Waals surface area contributed by atoms with Crippen molar-refractivity contribution in [1.82, 2.24) is 19.6 Å². The van der Waals surface area contributed by atoms with Crippen molar-refractivity contribution < 1.29 is 38.2 Å². The normalized spacial score (nSPS) is 19.4. The summed E-state index contributed by atoms with van der Waals surface area (Å²) in [5.41, 5.74) is 12.9. The molecule has 4 amide bonds. The SMILES string of the molecule is C[C@H]([C@H](C)N1CC(=O)N(COC(=O)[C@H](N)c2ccccc2)C(=O)C1)N1CC(=O)N(COC(=O)[C@H](N)c2ccccc2)C(=O)C1. The van der Waals surface area contributed by atoms with Crippen LogP contribution in [0.2, 0.25) is 0 Å². The van der Waals surface area contributed by atoms with Gasteiger partial charge in [-0.15, -0.1) is 0 Å². The summed E-state index contributed by atoms with van der Waals surface area (Å²) in [6.45, 7) is 1.90. The number of carbonyl (C=O) groups is 6. The fourth-order valence-corrected chi connectivity index (χ4v) is 4.93. The molecule has 2 aromatic rings. The van der Waals surface area contributed by atoms with Crippen molar-refractivity contribution in [3.63, 3.8) is 0 Å². The first-order chi connectivity index (χ1) is 21.0. The van der Waals surface area contributed by atoms with E-state index in [1.165, 1.54) is 0 Å². The van der Waals surface area contributed by atoms with E-state index >= 15 is 0 Å². The molecular formula is C30H36N6O8. The van der Waals surface area contributed by atoms with Crippen LogP contribution < -0.4 is 11.5 Å². The molecule has 0 unspecified atom stereocenters. The Hall–Kier alpha value is -4.50. The summed E-state index contributed by atoms with van der Waals surface area (Å²) in [6.07, 6.45) is 0. The molecule has 0 radical (unpaired) electrons. The average molecular weight is 609 g/mol. The van der Waals surface area contributed by atoms with Gasteiger partial charge in [0.1, 0.15) is 12.1 Å². The highest BCUT2D eigenvalue weighted by Gasteiger charge is 2.40. The zero-order chi connectivity index (χ0) is 32.0. The van der Waals surface area contributed by atoms with Crippen LogP contribution >= 0.6 is 0 Å². The third-order valence-corrected chi connectivity index (χ3v) is 7.90. The number of hydrogen-bond acceptors (Lipinski definition) is 12. The predicted molar refractivity (Wildman–Crippen MR) is 154 cm³/mol. The largest absolute Gasteiger partial charge is 0.442 e. The van der Waals surface area contributed by atoms with Gasteiger partial charge in [-0.1, -0.05) is 60.7 Å². The van der Waals surface area contributed by atoms with Crippen molar-refractivity contribution in [1.29, 1.82) is 0 Å². The molecule has 4 atom stereocenters. The highest BCUT2D eigenvalue weighted by molar-refractivity contribution is 6.00. The summed E-state index contributed by atoms with van der Waals surface area (Å²) >= 11 is 0. The van der Waals surface area contributed by atoms with Crippen molar-refractivity contribution in [2.75, 3.05) is 39.6 Å². The molecule has 14 nitrogen and oxygen atoms in total. The van der Waals surface area contributed by atoms with Crippen molar-refractivity contribution >= 4 is 35.6 Å². The molecule has 0 bridgehead atoms. The van der Waals surface area contributed by atoms with Gasteiger partial charge in [-0.2, -0.15) is 0 Å². The second-order valence-electron chi connectivity index (χ2n) is 10.7. The highest BCUT2D eigenvalue weighted by atomic mass is 16.6. The Morgan fingerprint density at radius 2 is 0.909 bits per heavy atom. The molecular weight excluding hydrogens is 572 g/mol. The van der Waals surface area contributed by atoms with E-state index in [2.05, 4.69) is 0 Å². The Balaban J connectivity index is 1.26. The number of hydrogen-bond donors (Lipinski definition) is 2.